The van der Waals surface area contributed by atoms with Gasteiger partial charge in [0.05, 0.1) is 6.10 Å². The van der Waals surface area contributed by atoms with Crippen LogP contribution < -0.4 is 5.32 Å². The molecule has 2 rings (SSSR count). The van der Waals surface area contributed by atoms with Gasteiger partial charge in [-0.3, -0.25) is 4.99 Å². The number of likely N-dealkylation sites (tertiary alicyclic amines) is 1. The molecule has 0 radical (unpaired) electrons. The highest BCUT2D eigenvalue weighted by Crippen LogP contribution is 2.49. The molecule has 2 aliphatic rings. The van der Waals surface area contributed by atoms with Crippen molar-refractivity contribution in [2.24, 2.45) is 10.4 Å². The summed E-state index contributed by atoms with van der Waals surface area (Å²) in [7, 11) is 1.74. The first-order valence-electron chi connectivity index (χ1n) is 10.4. The highest BCUT2D eigenvalue weighted by molar-refractivity contribution is 14.0. The van der Waals surface area contributed by atoms with Crippen LogP contribution in [0.4, 0.5) is 0 Å². The van der Waals surface area contributed by atoms with Crippen LogP contribution in [0.3, 0.4) is 0 Å². The summed E-state index contributed by atoms with van der Waals surface area (Å²) in [5.74, 6) is 1.08. The molecule has 27 heavy (non-hydrogen) atoms. The van der Waals surface area contributed by atoms with Crippen molar-refractivity contribution in [1.29, 1.82) is 0 Å². The van der Waals surface area contributed by atoms with E-state index in [1.165, 1.54) is 12.8 Å². The van der Waals surface area contributed by atoms with Gasteiger partial charge in [0.25, 0.3) is 0 Å². The molecule has 1 saturated heterocycles. The maximum absolute atomic E-state index is 5.97. The lowest BCUT2D eigenvalue weighted by molar-refractivity contribution is 0.00988. The monoisotopic (exact) mass is 497 g/mol. The first-order valence-corrected chi connectivity index (χ1v) is 10.4. The van der Waals surface area contributed by atoms with Crippen molar-refractivity contribution in [3.63, 3.8) is 0 Å². The lowest BCUT2D eigenvalue weighted by atomic mass is 10.0. The van der Waals surface area contributed by atoms with E-state index in [4.69, 9.17) is 19.2 Å². The van der Waals surface area contributed by atoms with Crippen LogP contribution in [0.2, 0.25) is 0 Å². The largest absolute Gasteiger partial charge is 0.385 e. The SMILES string of the molecule is CCNC(=NCC1(CCOCC)CC1)N1CCC(OCCCOC)CC1.I. The second kappa shape index (κ2) is 14.0. The van der Waals surface area contributed by atoms with Gasteiger partial charge in [-0.25, -0.2) is 0 Å². The number of hydrogen-bond donors (Lipinski definition) is 1. The van der Waals surface area contributed by atoms with E-state index in [2.05, 4.69) is 24.1 Å². The zero-order chi connectivity index (χ0) is 18.7. The van der Waals surface area contributed by atoms with Crippen molar-refractivity contribution in [3.05, 3.63) is 0 Å². The third kappa shape index (κ3) is 9.28. The minimum absolute atomic E-state index is 0. The number of rotatable bonds is 12. The number of piperidine rings is 1. The first-order chi connectivity index (χ1) is 12.7. The van der Waals surface area contributed by atoms with E-state index in [9.17, 15) is 0 Å². The van der Waals surface area contributed by atoms with Crippen molar-refractivity contribution in [2.45, 2.75) is 58.5 Å². The quantitative estimate of drug-likeness (QED) is 0.194. The Morgan fingerprint density at radius 2 is 1.89 bits per heavy atom. The van der Waals surface area contributed by atoms with Crippen molar-refractivity contribution in [2.75, 3.05) is 59.7 Å². The minimum atomic E-state index is 0. The molecule has 6 nitrogen and oxygen atoms in total. The van der Waals surface area contributed by atoms with E-state index < -0.39 is 0 Å². The molecule has 1 N–H and O–H groups in total. The number of methoxy groups -OCH3 is 1. The van der Waals surface area contributed by atoms with Gasteiger partial charge in [0.2, 0.25) is 0 Å². The number of guanidine groups is 1. The van der Waals surface area contributed by atoms with E-state index >= 15 is 0 Å². The number of nitrogens with zero attached hydrogens (tertiary/aromatic N) is 2. The van der Waals surface area contributed by atoms with Gasteiger partial charge in [-0.2, -0.15) is 0 Å². The fourth-order valence-corrected chi connectivity index (χ4v) is 3.45. The first kappa shape index (κ1) is 24.9. The van der Waals surface area contributed by atoms with Crippen LogP contribution in [-0.2, 0) is 14.2 Å². The Kier molecular flexibility index (Phi) is 12.9. The summed E-state index contributed by atoms with van der Waals surface area (Å²) in [4.78, 5) is 7.38. The summed E-state index contributed by atoms with van der Waals surface area (Å²) in [6, 6.07) is 0. The van der Waals surface area contributed by atoms with Crippen molar-refractivity contribution >= 4 is 29.9 Å². The molecule has 7 heteroatoms. The standard InChI is InChI=1S/C20H39N3O3.HI/c1-4-21-19(22-17-20(9-10-20)11-16-25-5-2)23-12-7-18(8-13-23)26-15-6-14-24-3;/h18H,4-17H2,1-3H3,(H,21,22);1H. The van der Waals surface area contributed by atoms with E-state index in [0.717, 1.165) is 84.2 Å². The van der Waals surface area contributed by atoms with Crippen LogP contribution in [0.1, 0.15) is 52.4 Å². The number of halogens is 1. The molecule has 1 heterocycles. The number of nitrogens with one attached hydrogen (secondary N) is 1. The Bertz CT molecular complexity index is 411. The smallest absolute Gasteiger partial charge is 0.193 e. The Balaban J connectivity index is 0.00000364. The van der Waals surface area contributed by atoms with Crippen LogP contribution in [0, 0.1) is 5.41 Å². The Morgan fingerprint density at radius 1 is 1.15 bits per heavy atom. The van der Waals surface area contributed by atoms with Gasteiger partial charge in [0.1, 0.15) is 0 Å². The molecule has 0 atom stereocenters. The zero-order valence-corrected chi connectivity index (χ0v) is 19.8. The van der Waals surface area contributed by atoms with Gasteiger partial charge >= 0.3 is 0 Å². The highest BCUT2D eigenvalue weighted by atomic mass is 127. The van der Waals surface area contributed by atoms with Crippen molar-refractivity contribution < 1.29 is 14.2 Å². The molecule has 0 amide bonds. The van der Waals surface area contributed by atoms with E-state index in [1.807, 2.05) is 0 Å². The second-order valence-electron chi connectivity index (χ2n) is 7.52. The van der Waals surface area contributed by atoms with Gasteiger partial charge in [0.15, 0.2) is 5.96 Å². The summed E-state index contributed by atoms with van der Waals surface area (Å²) in [6.45, 7) is 11.3. The molecule has 0 aromatic rings. The lowest BCUT2D eigenvalue weighted by Gasteiger charge is -2.34. The predicted octanol–water partition coefficient (Wildman–Crippen LogP) is 3.29. The molecule has 0 unspecified atom stereocenters. The van der Waals surface area contributed by atoms with Gasteiger partial charge in [-0.1, -0.05) is 0 Å². The van der Waals surface area contributed by atoms with Gasteiger partial charge in [-0.15, -0.1) is 24.0 Å². The maximum Gasteiger partial charge on any atom is 0.193 e. The summed E-state index contributed by atoms with van der Waals surface area (Å²) in [5.41, 5.74) is 0.401. The van der Waals surface area contributed by atoms with Crippen LogP contribution in [0.25, 0.3) is 0 Å². The normalized spacial score (nSPS) is 19.7. The third-order valence-corrected chi connectivity index (χ3v) is 5.42. The average molecular weight is 497 g/mol. The molecule has 0 bridgehead atoms. The van der Waals surface area contributed by atoms with Gasteiger partial charge in [0, 0.05) is 59.7 Å². The Labute approximate surface area is 182 Å². The van der Waals surface area contributed by atoms with E-state index in [1.54, 1.807) is 7.11 Å². The molecular weight excluding hydrogens is 457 g/mol. The fraction of sp³-hybridized carbons (Fsp3) is 0.950. The van der Waals surface area contributed by atoms with Crippen molar-refractivity contribution in [1.82, 2.24) is 10.2 Å². The molecule has 2 fully saturated rings. The molecule has 1 saturated carbocycles. The van der Waals surface area contributed by atoms with Gasteiger partial charge in [-0.05, 0) is 57.8 Å². The number of hydrogen-bond acceptors (Lipinski definition) is 4. The number of ether oxygens (including phenoxy) is 3. The highest BCUT2D eigenvalue weighted by Gasteiger charge is 2.42. The molecule has 0 aromatic heterocycles. The lowest BCUT2D eigenvalue weighted by Crippen LogP contribution is -2.47. The molecule has 0 spiro atoms. The second-order valence-corrected chi connectivity index (χ2v) is 7.52. The summed E-state index contributed by atoms with van der Waals surface area (Å²) < 4.78 is 16.6. The molecular formula is C20H40IN3O3. The van der Waals surface area contributed by atoms with Crippen LogP contribution in [0.5, 0.6) is 0 Å². The summed E-state index contributed by atoms with van der Waals surface area (Å²) in [6.07, 6.45) is 7.23. The molecule has 160 valence electrons. The Morgan fingerprint density at radius 3 is 2.48 bits per heavy atom. The average Bonchev–Trinajstić information content (AvgIpc) is 3.43. The van der Waals surface area contributed by atoms with E-state index in [0.29, 0.717) is 11.5 Å². The summed E-state index contributed by atoms with van der Waals surface area (Å²) >= 11 is 0. The van der Waals surface area contributed by atoms with Gasteiger partial charge < -0.3 is 24.4 Å². The predicted molar refractivity (Wildman–Crippen MR) is 121 cm³/mol. The third-order valence-electron chi connectivity index (χ3n) is 5.42. The molecule has 0 aromatic carbocycles. The molecule has 1 aliphatic heterocycles. The van der Waals surface area contributed by atoms with Crippen LogP contribution in [-0.4, -0.2) is 76.7 Å². The Hall–Kier alpha value is -0.120. The zero-order valence-electron chi connectivity index (χ0n) is 17.5. The van der Waals surface area contributed by atoms with Crippen LogP contribution >= 0.6 is 24.0 Å². The van der Waals surface area contributed by atoms with Crippen molar-refractivity contribution in [3.8, 4) is 0 Å². The van der Waals surface area contributed by atoms with E-state index in [-0.39, 0.29) is 24.0 Å². The molecule has 1 aliphatic carbocycles. The topological polar surface area (TPSA) is 55.3 Å². The fourth-order valence-electron chi connectivity index (χ4n) is 3.45. The summed E-state index contributed by atoms with van der Waals surface area (Å²) in [5, 5.41) is 3.48. The van der Waals surface area contributed by atoms with Crippen LogP contribution in [0.15, 0.2) is 4.99 Å². The number of aliphatic imine (C=N–C) groups is 1. The minimum Gasteiger partial charge on any atom is -0.385 e. The maximum atomic E-state index is 5.97.